The summed E-state index contributed by atoms with van der Waals surface area (Å²) in [6.07, 6.45) is 3.57. The van der Waals surface area contributed by atoms with Gasteiger partial charge in [-0.2, -0.15) is 0 Å². The molecule has 0 unspecified atom stereocenters. The number of halogens is 2. The zero-order valence-corrected chi connectivity index (χ0v) is 10.7. The third-order valence-electron chi connectivity index (χ3n) is 2.68. The van der Waals surface area contributed by atoms with E-state index in [1.165, 1.54) is 12.1 Å². The molecule has 0 N–H and O–H groups in total. The fourth-order valence-electron chi connectivity index (χ4n) is 1.74. The molecule has 2 nitrogen and oxygen atoms in total. The highest BCUT2D eigenvalue weighted by atomic mass is 19.2. The van der Waals surface area contributed by atoms with Crippen LogP contribution in [0.2, 0.25) is 0 Å². The van der Waals surface area contributed by atoms with Crippen molar-refractivity contribution in [1.29, 1.82) is 0 Å². The number of benzene rings is 1. The highest BCUT2D eigenvalue weighted by molar-refractivity contribution is 5.96. The molecule has 0 amide bonds. The maximum absolute atomic E-state index is 13.4. The lowest BCUT2D eigenvalue weighted by Gasteiger charge is -2.18. The monoisotopic (exact) mass is 265 g/mol. The Morgan fingerprint density at radius 3 is 2.42 bits per heavy atom. The Kier molecular flexibility index (Phi) is 6.09. The summed E-state index contributed by atoms with van der Waals surface area (Å²) in [5.74, 6) is -2.48. The molecule has 0 saturated heterocycles. The smallest absolute Gasteiger partial charge is 0.169 e. The minimum Gasteiger partial charge on any atom is -0.296 e. The van der Waals surface area contributed by atoms with E-state index in [0.29, 0.717) is 19.6 Å². The first-order chi connectivity index (χ1) is 9.10. The minimum absolute atomic E-state index is 0.127. The Morgan fingerprint density at radius 2 is 1.84 bits per heavy atom. The van der Waals surface area contributed by atoms with Gasteiger partial charge in [0.2, 0.25) is 0 Å². The lowest BCUT2D eigenvalue weighted by atomic mass is 10.1. The molecule has 0 fully saturated rings. The van der Waals surface area contributed by atoms with Crippen molar-refractivity contribution in [2.45, 2.75) is 6.42 Å². The fraction of sp³-hybridized carbons (Fsp3) is 0.267. The Labute approximate surface area is 112 Å². The van der Waals surface area contributed by atoms with E-state index in [1.54, 1.807) is 12.2 Å². The highest BCUT2D eigenvalue weighted by Crippen LogP contribution is 2.13. The van der Waals surface area contributed by atoms with Crippen molar-refractivity contribution >= 4 is 5.78 Å². The van der Waals surface area contributed by atoms with E-state index in [9.17, 15) is 13.6 Å². The van der Waals surface area contributed by atoms with Crippen LogP contribution in [0.4, 0.5) is 8.78 Å². The van der Waals surface area contributed by atoms with Crippen LogP contribution in [0.25, 0.3) is 0 Å². The summed E-state index contributed by atoms with van der Waals surface area (Å²) in [6, 6.07) is 3.62. The molecule has 0 bridgehead atoms. The molecule has 0 aromatic heterocycles. The predicted octanol–water partition coefficient (Wildman–Crippen LogP) is 3.21. The van der Waals surface area contributed by atoms with Crippen molar-refractivity contribution in [2.75, 3.05) is 19.6 Å². The van der Waals surface area contributed by atoms with E-state index >= 15 is 0 Å². The molecule has 102 valence electrons. The van der Waals surface area contributed by atoms with Crippen LogP contribution in [-0.2, 0) is 0 Å². The standard InChI is InChI=1S/C15H17F2NO/c1-3-9-18(10-4-2)11-8-14(19)12-6-5-7-13(16)15(12)17/h3-7H,1-2,8-11H2. The zero-order valence-electron chi connectivity index (χ0n) is 10.7. The van der Waals surface area contributed by atoms with Gasteiger partial charge in [-0.15, -0.1) is 13.2 Å². The van der Waals surface area contributed by atoms with Gasteiger partial charge in [0.05, 0.1) is 5.56 Å². The second-order valence-electron chi connectivity index (χ2n) is 4.11. The molecule has 0 aliphatic carbocycles. The van der Waals surface area contributed by atoms with Crippen molar-refractivity contribution in [3.8, 4) is 0 Å². The molecule has 0 aliphatic heterocycles. The molecule has 0 heterocycles. The molecule has 0 saturated carbocycles. The van der Waals surface area contributed by atoms with Gasteiger partial charge in [-0.1, -0.05) is 18.2 Å². The summed E-state index contributed by atoms with van der Waals surface area (Å²) >= 11 is 0. The maximum Gasteiger partial charge on any atom is 0.169 e. The molecule has 0 spiro atoms. The zero-order chi connectivity index (χ0) is 14.3. The van der Waals surface area contributed by atoms with Gasteiger partial charge in [0, 0.05) is 26.1 Å². The number of rotatable bonds is 8. The predicted molar refractivity (Wildman–Crippen MR) is 72.1 cm³/mol. The van der Waals surface area contributed by atoms with E-state index in [-0.39, 0.29) is 12.0 Å². The second-order valence-corrected chi connectivity index (χ2v) is 4.11. The summed E-state index contributed by atoms with van der Waals surface area (Å²) in [4.78, 5) is 13.8. The largest absolute Gasteiger partial charge is 0.296 e. The average molecular weight is 265 g/mol. The highest BCUT2D eigenvalue weighted by Gasteiger charge is 2.15. The van der Waals surface area contributed by atoms with Crippen LogP contribution in [0.3, 0.4) is 0 Å². The fourth-order valence-corrected chi connectivity index (χ4v) is 1.74. The van der Waals surface area contributed by atoms with Gasteiger partial charge < -0.3 is 0 Å². The molecular weight excluding hydrogens is 248 g/mol. The minimum atomic E-state index is -1.08. The van der Waals surface area contributed by atoms with E-state index in [4.69, 9.17) is 0 Å². The molecule has 0 aliphatic rings. The summed E-state index contributed by atoms with van der Waals surface area (Å²) in [5.41, 5.74) is -0.197. The van der Waals surface area contributed by atoms with Crippen LogP contribution in [0.15, 0.2) is 43.5 Å². The average Bonchev–Trinajstić information content (AvgIpc) is 2.39. The molecule has 1 rings (SSSR count). The van der Waals surface area contributed by atoms with Gasteiger partial charge >= 0.3 is 0 Å². The lowest BCUT2D eigenvalue weighted by molar-refractivity contribution is 0.0963. The van der Waals surface area contributed by atoms with E-state index in [1.807, 2.05) is 4.90 Å². The molecule has 19 heavy (non-hydrogen) atoms. The van der Waals surface area contributed by atoms with Gasteiger partial charge in [-0.25, -0.2) is 8.78 Å². The SMILES string of the molecule is C=CCN(CC=C)CCC(=O)c1cccc(F)c1F. The van der Waals surface area contributed by atoms with Crippen LogP contribution in [-0.4, -0.2) is 30.3 Å². The number of carbonyl (C=O) groups excluding carboxylic acids is 1. The van der Waals surface area contributed by atoms with Crippen LogP contribution >= 0.6 is 0 Å². The van der Waals surface area contributed by atoms with Gasteiger partial charge in [0.15, 0.2) is 17.4 Å². The molecule has 0 atom stereocenters. The van der Waals surface area contributed by atoms with Crippen molar-refractivity contribution in [3.05, 3.63) is 60.7 Å². The van der Waals surface area contributed by atoms with Crippen molar-refractivity contribution in [1.82, 2.24) is 4.90 Å². The summed E-state index contributed by atoms with van der Waals surface area (Å²) < 4.78 is 26.4. The van der Waals surface area contributed by atoms with Crippen molar-refractivity contribution in [3.63, 3.8) is 0 Å². The van der Waals surface area contributed by atoms with E-state index in [2.05, 4.69) is 13.2 Å². The quantitative estimate of drug-likeness (QED) is 0.531. The second kappa shape index (κ2) is 7.59. The molecule has 4 heteroatoms. The number of Topliss-reactive ketones (excluding diaryl/α,β-unsaturated/α-hetero) is 1. The molecular formula is C15H17F2NO. The van der Waals surface area contributed by atoms with E-state index in [0.717, 1.165) is 6.07 Å². The van der Waals surface area contributed by atoms with Gasteiger partial charge in [-0.3, -0.25) is 9.69 Å². The summed E-state index contributed by atoms with van der Waals surface area (Å²) in [5, 5.41) is 0. The Bertz CT molecular complexity index is 461. The lowest BCUT2D eigenvalue weighted by Crippen LogP contribution is -2.27. The number of hydrogen-bond acceptors (Lipinski definition) is 2. The first-order valence-electron chi connectivity index (χ1n) is 6.01. The third kappa shape index (κ3) is 4.41. The Balaban J connectivity index is 2.66. The number of ketones is 1. The molecule has 0 radical (unpaired) electrons. The number of hydrogen-bond donors (Lipinski definition) is 0. The van der Waals surface area contributed by atoms with Gasteiger partial charge in [0.25, 0.3) is 0 Å². The Hall–Kier alpha value is -1.81. The maximum atomic E-state index is 13.4. The number of nitrogens with zero attached hydrogens (tertiary/aromatic N) is 1. The van der Waals surface area contributed by atoms with E-state index < -0.39 is 17.4 Å². The van der Waals surface area contributed by atoms with Crippen molar-refractivity contribution < 1.29 is 13.6 Å². The van der Waals surface area contributed by atoms with Gasteiger partial charge in [-0.05, 0) is 12.1 Å². The third-order valence-corrected chi connectivity index (χ3v) is 2.68. The van der Waals surface area contributed by atoms with Crippen molar-refractivity contribution in [2.24, 2.45) is 0 Å². The van der Waals surface area contributed by atoms with Crippen LogP contribution in [0.1, 0.15) is 16.8 Å². The first kappa shape index (κ1) is 15.2. The van der Waals surface area contributed by atoms with Crippen LogP contribution in [0, 0.1) is 11.6 Å². The Morgan fingerprint density at radius 1 is 1.21 bits per heavy atom. The number of carbonyl (C=O) groups is 1. The molecule has 1 aromatic carbocycles. The molecule has 1 aromatic rings. The van der Waals surface area contributed by atoms with Crippen LogP contribution < -0.4 is 0 Å². The first-order valence-corrected chi connectivity index (χ1v) is 6.01. The topological polar surface area (TPSA) is 20.3 Å². The normalized spacial score (nSPS) is 10.5. The summed E-state index contributed by atoms with van der Waals surface area (Å²) in [6.45, 7) is 8.93. The van der Waals surface area contributed by atoms with Crippen LogP contribution in [0.5, 0.6) is 0 Å². The van der Waals surface area contributed by atoms with Gasteiger partial charge in [0.1, 0.15) is 0 Å². The summed E-state index contributed by atoms with van der Waals surface area (Å²) in [7, 11) is 0.